The van der Waals surface area contributed by atoms with E-state index in [1.165, 1.54) is 19.2 Å². The van der Waals surface area contributed by atoms with Crippen LogP contribution in [-0.2, 0) is 4.79 Å². The summed E-state index contributed by atoms with van der Waals surface area (Å²) in [4.78, 5) is 11.3. The fourth-order valence-electron chi connectivity index (χ4n) is 1.41. The molecule has 0 unspecified atom stereocenters. The molecule has 0 saturated heterocycles. The SMILES string of the molecule is COc1ccc(C#CCN)cc1NC(=O)CC(F)(F)F. The predicted octanol–water partition coefficient (Wildman–Crippen LogP) is 1.90. The molecule has 1 aromatic carbocycles. The van der Waals surface area contributed by atoms with Crippen molar-refractivity contribution in [2.24, 2.45) is 5.73 Å². The number of hydrogen-bond acceptors (Lipinski definition) is 3. The number of rotatable bonds is 3. The summed E-state index contributed by atoms with van der Waals surface area (Å²) in [6.07, 6.45) is -6.12. The van der Waals surface area contributed by atoms with Crippen LogP contribution in [-0.4, -0.2) is 25.7 Å². The lowest BCUT2D eigenvalue weighted by atomic mass is 10.2. The summed E-state index contributed by atoms with van der Waals surface area (Å²) in [5.74, 6) is 4.40. The Balaban J connectivity index is 2.94. The Kier molecular flexibility index (Phi) is 5.41. The van der Waals surface area contributed by atoms with Crippen LogP contribution in [0, 0.1) is 11.8 Å². The van der Waals surface area contributed by atoms with Crippen molar-refractivity contribution in [2.75, 3.05) is 19.0 Å². The van der Waals surface area contributed by atoms with Gasteiger partial charge in [0, 0.05) is 5.56 Å². The minimum Gasteiger partial charge on any atom is -0.495 e. The number of alkyl halides is 3. The summed E-state index contributed by atoms with van der Waals surface area (Å²) < 4.78 is 41.3. The van der Waals surface area contributed by atoms with Crippen LogP contribution in [0.1, 0.15) is 12.0 Å². The third-order valence-corrected chi connectivity index (χ3v) is 2.17. The normalized spacial score (nSPS) is 10.4. The monoisotopic (exact) mass is 286 g/mol. The highest BCUT2D eigenvalue weighted by Crippen LogP contribution is 2.27. The van der Waals surface area contributed by atoms with E-state index in [-0.39, 0.29) is 18.0 Å². The highest BCUT2D eigenvalue weighted by Gasteiger charge is 2.31. The number of halogens is 3. The topological polar surface area (TPSA) is 64.3 Å². The fourth-order valence-corrected chi connectivity index (χ4v) is 1.41. The molecule has 20 heavy (non-hydrogen) atoms. The zero-order valence-electron chi connectivity index (χ0n) is 10.7. The molecular formula is C13H13F3N2O2. The number of carbonyl (C=O) groups excluding carboxylic acids is 1. The van der Waals surface area contributed by atoms with Crippen LogP contribution in [0.4, 0.5) is 18.9 Å². The molecule has 1 aromatic rings. The number of nitrogens with two attached hydrogens (primary N) is 1. The van der Waals surface area contributed by atoms with E-state index in [1.807, 2.05) is 0 Å². The second kappa shape index (κ2) is 6.82. The average molecular weight is 286 g/mol. The third kappa shape index (κ3) is 5.20. The van der Waals surface area contributed by atoms with Crippen LogP contribution < -0.4 is 15.8 Å². The Morgan fingerprint density at radius 3 is 2.70 bits per heavy atom. The molecule has 0 bridgehead atoms. The van der Waals surface area contributed by atoms with Crippen LogP contribution in [0.25, 0.3) is 0 Å². The van der Waals surface area contributed by atoms with Crippen LogP contribution in [0.3, 0.4) is 0 Å². The van der Waals surface area contributed by atoms with Crippen molar-refractivity contribution in [2.45, 2.75) is 12.6 Å². The molecule has 0 aliphatic heterocycles. The molecule has 108 valence electrons. The van der Waals surface area contributed by atoms with Gasteiger partial charge in [0.05, 0.1) is 19.3 Å². The summed E-state index contributed by atoms with van der Waals surface area (Å²) >= 11 is 0. The van der Waals surface area contributed by atoms with Gasteiger partial charge in [-0.05, 0) is 18.2 Å². The molecule has 0 heterocycles. The number of amides is 1. The zero-order valence-corrected chi connectivity index (χ0v) is 10.7. The molecule has 0 aliphatic rings. The summed E-state index contributed by atoms with van der Waals surface area (Å²) in [5.41, 5.74) is 5.87. The van der Waals surface area contributed by atoms with Gasteiger partial charge in [0.25, 0.3) is 0 Å². The van der Waals surface area contributed by atoms with Crippen LogP contribution in [0.15, 0.2) is 18.2 Å². The van der Waals surface area contributed by atoms with Crippen LogP contribution in [0.2, 0.25) is 0 Å². The number of carbonyl (C=O) groups is 1. The fraction of sp³-hybridized carbons (Fsp3) is 0.308. The first kappa shape index (κ1) is 15.9. The maximum Gasteiger partial charge on any atom is 0.397 e. The quantitative estimate of drug-likeness (QED) is 0.834. The molecule has 4 nitrogen and oxygen atoms in total. The molecule has 7 heteroatoms. The number of nitrogens with one attached hydrogen (secondary N) is 1. The van der Waals surface area contributed by atoms with E-state index in [1.54, 1.807) is 6.07 Å². The van der Waals surface area contributed by atoms with Crippen molar-refractivity contribution in [3.05, 3.63) is 23.8 Å². The van der Waals surface area contributed by atoms with Crippen molar-refractivity contribution in [1.82, 2.24) is 0 Å². The van der Waals surface area contributed by atoms with Crippen molar-refractivity contribution in [3.8, 4) is 17.6 Å². The molecule has 3 N–H and O–H groups in total. The van der Waals surface area contributed by atoms with Gasteiger partial charge in [0.2, 0.25) is 5.91 Å². The van der Waals surface area contributed by atoms with E-state index in [9.17, 15) is 18.0 Å². The van der Waals surface area contributed by atoms with Crippen LogP contribution in [0.5, 0.6) is 5.75 Å². The zero-order chi connectivity index (χ0) is 15.2. The molecular weight excluding hydrogens is 273 g/mol. The van der Waals surface area contributed by atoms with Gasteiger partial charge in [-0.25, -0.2) is 0 Å². The Morgan fingerprint density at radius 1 is 1.45 bits per heavy atom. The summed E-state index contributed by atoms with van der Waals surface area (Å²) in [6, 6.07) is 4.54. The Morgan fingerprint density at radius 2 is 2.15 bits per heavy atom. The largest absolute Gasteiger partial charge is 0.495 e. The van der Waals surface area contributed by atoms with E-state index in [2.05, 4.69) is 17.2 Å². The van der Waals surface area contributed by atoms with Gasteiger partial charge in [-0.2, -0.15) is 13.2 Å². The maximum absolute atomic E-state index is 12.1. The molecule has 0 aromatic heterocycles. The minimum absolute atomic E-state index is 0.130. The lowest BCUT2D eigenvalue weighted by Crippen LogP contribution is -2.21. The number of ether oxygens (including phenoxy) is 1. The number of benzene rings is 1. The first-order chi connectivity index (χ1) is 9.35. The highest BCUT2D eigenvalue weighted by atomic mass is 19.4. The number of methoxy groups -OCH3 is 1. The number of anilines is 1. The van der Waals surface area contributed by atoms with E-state index >= 15 is 0 Å². The van der Waals surface area contributed by atoms with Gasteiger partial charge in [0.15, 0.2) is 0 Å². The molecule has 1 amide bonds. The van der Waals surface area contributed by atoms with Gasteiger partial charge in [-0.1, -0.05) is 11.8 Å². The summed E-state index contributed by atoms with van der Waals surface area (Å²) in [7, 11) is 1.35. The maximum atomic E-state index is 12.1. The third-order valence-electron chi connectivity index (χ3n) is 2.17. The van der Waals surface area contributed by atoms with Crippen LogP contribution >= 0.6 is 0 Å². The van der Waals surface area contributed by atoms with Crippen molar-refractivity contribution < 1.29 is 22.7 Å². The minimum atomic E-state index is -4.56. The molecule has 1 rings (SSSR count). The Bertz CT molecular complexity index is 545. The van der Waals surface area contributed by atoms with Crippen molar-refractivity contribution >= 4 is 11.6 Å². The number of hydrogen-bond donors (Lipinski definition) is 2. The molecule has 0 saturated carbocycles. The molecule has 0 radical (unpaired) electrons. The van der Waals surface area contributed by atoms with Crippen molar-refractivity contribution in [3.63, 3.8) is 0 Å². The van der Waals surface area contributed by atoms with E-state index in [0.29, 0.717) is 5.56 Å². The molecule has 0 fully saturated rings. The van der Waals surface area contributed by atoms with E-state index in [0.717, 1.165) is 0 Å². The van der Waals surface area contributed by atoms with Gasteiger partial charge in [-0.15, -0.1) is 0 Å². The van der Waals surface area contributed by atoms with Gasteiger partial charge >= 0.3 is 6.18 Å². The predicted molar refractivity (Wildman–Crippen MR) is 68.2 cm³/mol. The van der Waals surface area contributed by atoms with E-state index in [4.69, 9.17) is 10.5 Å². The summed E-state index contributed by atoms with van der Waals surface area (Å²) in [6.45, 7) is 0.155. The molecule has 0 aliphatic carbocycles. The van der Waals surface area contributed by atoms with Crippen molar-refractivity contribution in [1.29, 1.82) is 0 Å². The first-order valence-electron chi connectivity index (χ1n) is 5.59. The van der Waals surface area contributed by atoms with E-state index < -0.39 is 18.5 Å². The lowest BCUT2D eigenvalue weighted by molar-refractivity contribution is -0.150. The second-order valence-corrected chi connectivity index (χ2v) is 3.76. The first-order valence-corrected chi connectivity index (χ1v) is 5.59. The highest BCUT2D eigenvalue weighted by molar-refractivity contribution is 5.92. The molecule has 0 atom stereocenters. The smallest absolute Gasteiger partial charge is 0.397 e. The molecule has 0 spiro atoms. The standard InChI is InChI=1S/C13H13F3N2O2/c1-20-11-5-4-9(3-2-6-17)7-10(11)18-12(19)8-13(14,15)16/h4-5,7H,6,8,17H2,1H3,(H,18,19). The average Bonchev–Trinajstić information content (AvgIpc) is 2.34. The van der Waals surface area contributed by atoms with Gasteiger partial charge < -0.3 is 15.8 Å². The van der Waals surface area contributed by atoms with Gasteiger partial charge in [-0.3, -0.25) is 4.79 Å². The lowest BCUT2D eigenvalue weighted by Gasteiger charge is -2.11. The van der Waals surface area contributed by atoms with Gasteiger partial charge in [0.1, 0.15) is 12.2 Å². The Labute approximate surface area is 114 Å². The Hall–Kier alpha value is -2.20. The second-order valence-electron chi connectivity index (χ2n) is 3.76. The summed E-state index contributed by atoms with van der Waals surface area (Å²) in [5, 5.41) is 2.15.